The minimum Gasteiger partial charge on any atom is -0.444 e. The fourth-order valence-electron chi connectivity index (χ4n) is 3.93. The Kier molecular flexibility index (Phi) is 5.92. The smallest absolute Gasteiger partial charge is 0.407 e. The minimum absolute atomic E-state index is 0.0197. The van der Waals surface area contributed by atoms with Crippen molar-refractivity contribution in [1.82, 2.24) is 19.8 Å². The summed E-state index contributed by atoms with van der Waals surface area (Å²) in [7, 11) is 0. The molecule has 3 heterocycles. The number of carbonyl (C=O) groups is 2. The second kappa shape index (κ2) is 8.13. The third-order valence-corrected chi connectivity index (χ3v) is 5.44. The van der Waals surface area contributed by atoms with Crippen LogP contribution in [-0.4, -0.2) is 51.7 Å². The van der Waals surface area contributed by atoms with Crippen LogP contribution in [0.15, 0.2) is 30.5 Å². The highest BCUT2D eigenvalue weighted by atomic mass is 16.6. The molecule has 7 nitrogen and oxygen atoms in total. The van der Waals surface area contributed by atoms with Gasteiger partial charge in [-0.3, -0.25) is 4.79 Å². The number of aromatic nitrogens is 2. The number of likely N-dealkylation sites (tertiary alicyclic amines) is 1. The molecule has 30 heavy (non-hydrogen) atoms. The van der Waals surface area contributed by atoms with E-state index in [4.69, 9.17) is 4.74 Å². The van der Waals surface area contributed by atoms with E-state index in [9.17, 15) is 9.59 Å². The Labute approximate surface area is 178 Å². The van der Waals surface area contributed by atoms with Crippen molar-refractivity contribution in [2.24, 2.45) is 5.41 Å². The molecule has 1 saturated heterocycles. The number of hydrogen-bond acceptors (Lipinski definition) is 4. The van der Waals surface area contributed by atoms with Gasteiger partial charge in [-0.15, -0.1) is 0 Å². The van der Waals surface area contributed by atoms with Gasteiger partial charge in [0.15, 0.2) is 0 Å². The molecule has 2 aromatic rings. The summed E-state index contributed by atoms with van der Waals surface area (Å²) in [6.07, 6.45) is 2.15. The molecule has 0 aromatic carbocycles. The van der Waals surface area contributed by atoms with Gasteiger partial charge in [0.1, 0.15) is 11.4 Å². The molecule has 0 bridgehead atoms. The average molecular weight is 413 g/mol. The summed E-state index contributed by atoms with van der Waals surface area (Å²) in [4.78, 5) is 31.5. The van der Waals surface area contributed by atoms with E-state index in [2.05, 4.69) is 17.2 Å². The maximum absolute atomic E-state index is 13.3. The van der Waals surface area contributed by atoms with Gasteiger partial charge in [-0.25, -0.2) is 9.78 Å². The molecule has 162 valence electrons. The van der Waals surface area contributed by atoms with Crippen LogP contribution >= 0.6 is 0 Å². The maximum Gasteiger partial charge on any atom is 0.407 e. The molecule has 1 N–H and O–H groups in total. The average Bonchev–Trinajstić information content (AvgIpc) is 3.19. The monoisotopic (exact) mass is 412 g/mol. The van der Waals surface area contributed by atoms with Crippen LogP contribution in [0.2, 0.25) is 0 Å². The first-order chi connectivity index (χ1) is 14.0. The molecule has 1 unspecified atom stereocenters. The molecule has 3 rings (SSSR count). The van der Waals surface area contributed by atoms with Crippen molar-refractivity contribution in [1.29, 1.82) is 0 Å². The van der Waals surface area contributed by atoms with E-state index in [0.29, 0.717) is 25.2 Å². The van der Waals surface area contributed by atoms with Crippen molar-refractivity contribution >= 4 is 12.0 Å². The highest BCUT2D eigenvalue weighted by Gasteiger charge is 2.37. The summed E-state index contributed by atoms with van der Waals surface area (Å²) < 4.78 is 7.33. The number of amides is 2. The first kappa shape index (κ1) is 21.9. The lowest BCUT2D eigenvalue weighted by Gasteiger charge is -2.26. The van der Waals surface area contributed by atoms with E-state index in [1.165, 1.54) is 0 Å². The second-order valence-corrected chi connectivity index (χ2v) is 9.45. The molecule has 2 amide bonds. The Morgan fingerprint density at radius 3 is 2.63 bits per heavy atom. The van der Waals surface area contributed by atoms with Crippen LogP contribution in [0.3, 0.4) is 0 Å². The molecule has 1 aliphatic heterocycles. The van der Waals surface area contributed by atoms with Gasteiger partial charge in [0.05, 0.1) is 5.56 Å². The molecule has 7 heteroatoms. The van der Waals surface area contributed by atoms with Gasteiger partial charge in [-0.2, -0.15) is 0 Å². The summed E-state index contributed by atoms with van der Waals surface area (Å²) in [5.74, 6) is 0.825. The molecule has 1 atom stereocenters. The van der Waals surface area contributed by atoms with Crippen LogP contribution < -0.4 is 5.32 Å². The molecule has 1 fully saturated rings. The Hall–Kier alpha value is -2.83. The van der Waals surface area contributed by atoms with Gasteiger partial charge in [-0.05, 0) is 59.2 Å². The van der Waals surface area contributed by atoms with Crippen molar-refractivity contribution in [2.45, 2.75) is 53.6 Å². The lowest BCUT2D eigenvalue weighted by Crippen LogP contribution is -2.41. The zero-order chi connectivity index (χ0) is 22.1. The number of carbonyl (C=O) groups excluding carboxylic acids is 2. The topological polar surface area (TPSA) is 76.5 Å². The van der Waals surface area contributed by atoms with Crippen LogP contribution in [0, 0.1) is 19.3 Å². The number of rotatable bonds is 4. The van der Waals surface area contributed by atoms with Gasteiger partial charge < -0.3 is 19.5 Å². The standard InChI is InChI=1S/C23H32N4O3/c1-16-13-18(17(2)27(16)19-9-7-8-11-24-19)20(28)26-12-10-23(6,15-26)14-25-21(29)30-22(3,4)5/h7-9,11,13H,10,12,14-15H2,1-6H3,(H,25,29). The zero-order valence-electron chi connectivity index (χ0n) is 18.8. The second-order valence-electron chi connectivity index (χ2n) is 9.45. The van der Waals surface area contributed by atoms with Gasteiger partial charge >= 0.3 is 6.09 Å². The van der Waals surface area contributed by atoms with E-state index in [1.54, 1.807) is 6.20 Å². The minimum atomic E-state index is -0.529. The fraction of sp³-hybridized carbons (Fsp3) is 0.522. The van der Waals surface area contributed by atoms with Crippen molar-refractivity contribution in [3.8, 4) is 5.82 Å². The van der Waals surface area contributed by atoms with Crippen molar-refractivity contribution in [3.63, 3.8) is 0 Å². The highest BCUT2D eigenvalue weighted by molar-refractivity contribution is 5.96. The van der Waals surface area contributed by atoms with Crippen LogP contribution in [-0.2, 0) is 4.74 Å². The summed E-state index contributed by atoms with van der Waals surface area (Å²) in [5, 5.41) is 2.86. The summed E-state index contributed by atoms with van der Waals surface area (Å²) in [6.45, 7) is 13.3. The van der Waals surface area contributed by atoms with Gasteiger partial charge in [0, 0.05) is 42.6 Å². The van der Waals surface area contributed by atoms with Crippen molar-refractivity contribution in [3.05, 3.63) is 47.4 Å². The number of nitrogens with zero attached hydrogens (tertiary/aromatic N) is 3. The van der Waals surface area contributed by atoms with E-state index >= 15 is 0 Å². The van der Waals surface area contributed by atoms with Gasteiger partial charge in [0.2, 0.25) is 0 Å². The van der Waals surface area contributed by atoms with Crippen LogP contribution in [0.4, 0.5) is 4.79 Å². The molecule has 2 aromatic heterocycles. The Balaban J connectivity index is 1.68. The predicted octanol–water partition coefficient (Wildman–Crippen LogP) is 3.87. The number of alkyl carbamates (subject to hydrolysis) is 1. The van der Waals surface area contributed by atoms with Gasteiger partial charge in [-0.1, -0.05) is 13.0 Å². The summed E-state index contributed by atoms with van der Waals surface area (Å²) >= 11 is 0. The molecular formula is C23H32N4O3. The lowest BCUT2D eigenvalue weighted by molar-refractivity contribution is 0.0504. The first-order valence-corrected chi connectivity index (χ1v) is 10.4. The first-order valence-electron chi connectivity index (χ1n) is 10.4. The van der Waals surface area contributed by atoms with Crippen LogP contribution in [0.5, 0.6) is 0 Å². The molecular weight excluding hydrogens is 380 g/mol. The molecule has 0 radical (unpaired) electrons. The maximum atomic E-state index is 13.3. The van der Waals surface area contributed by atoms with Crippen molar-refractivity contribution in [2.75, 3.05) is 19.6 Å². The number of pyridine rings is 1. The predicted molar refractivity (Wildman–Crippen MR) is 116 cm³/mol. The molecule has 0 saturated carbocycles. The quantitative estimate of drug-likeness (QED) is 0.827. The van der Waals surface area contributed by atoms with Crippen LogP contribution in [0.25, 0.3) is 5.82 Å². The largest absolute Gasteiger partial charge is 0.444 e. The summed E-state index contributed by atoms with van der Waals surface area (Å²) in [6, 6.07) is 7.68. The number of ether oxygens (including phenoxy) is 1. The van der Waals surface area contributed by atoms with E-state index < -0.39 is 11.7 Å². The Morgan fingerprint density at radius 2 is 2.00 bits per heavy atom. The Morgan fingerprint density at radius 1 is 1.27 bits per heavy atom. The highest BCUT2D eigenvalue weighted by Crippen LogP contribution is 2.31. The summed E-state index contributed by atoms with van der Waals surface area (Å²) in [5.41, 5.74) is 1.85. The van der Waals surface area contributed by atoms with E-state index in [0.717, 1.165) is 23.6 Å². The number of nitrogens with one attached hydrogen (secondary N) is 1. The third-order valence-electron chi connectivity index (χ3n) is 5.44. The lowest BCUT2D eigenvalue weighted by atomic mass is 9.90. The van der Waals surface area contributed by atoms with E-state index in [-0.39, 0.29) is 11.3 Å². The fourth-order valence-corrected chi connectivity index (χ4v) is 3.93. The normalized spacial score (nSPS) is 19.1. The van der Waals surface area contributed by atoms with Crippen LogP contribution in [0.1, 0.15) is 55.9 Å². The molecule has 1 aliphatic rings. The van der Waals surface area contributed by atoms with Gasteiger partial charge in [0.25, 0.3) is 5.91 Å². The Bertz CT molecular complexity index is 930. The molecule has 0 spiro atoms. The SMILES string of the molecule is Cc1cc(C(=O)N2CCC(C)(CNC(=O)OC(C)(C)C)C2)c(C)n1-c1ccccn1. The zero-order valence-corrected chi connectivity index (χ0v) is 18.8. The van der Waals surface area contributed by atoms with Crippen molar-refractivity contribution < 1.29 is 14.3 Å². The third kappa shape index (κ3) is 4.83. The van der Waals surface area contributed by atoms with E-state index in [1.807, 2.05) is 68.4 Å². The molecule has 0 aliphatic carbocycles. The number of aryl methyl sites for hydroxylation is 1. The number of hydrogen-bond donors (Lipinski definition) is 1.